The Morgan fingerprint density at radius 1 is 0.780 bits per heavy atom. The molecule has 10 nitrogen and oxygen atoms in total. The molecular weight excluding hydrogens is 675 g/mol. The van der Waals surface area contributed by atoms with Crippen molar-refractivity contribution in [2.24, 2.45) is 11.8 Å². The van der Waals surface area contributed by atoms with E-state index in [9.17, 15) is 9.59 Å². The molecule has 6 rings (SSSR count). The Morgan fingerprint density at radius 2 is 1.40 bits per heavy atom. The van der Waals surface area contributed by atoms with E-state index < -0.39 is 0 Å². The van der Waals surface area contributed by atoms with Crippen LogP contribution in [-0.2, 0) is 22.7 Å². The van der Waals surface area contributed by atoms with Crippen LogP contribution in [0.15, 0.2) is 60.8 Å². The summed E-state index contributed by atoms with van der Waals surface area (Å²) in [4.78, 5) is 37.1. The van der Waals surface area contributed by atoms with Crippen LogP contribution in [0.2, 0.25) is 10.0 Å². The van der Waals surface area contributed by atoms with Crippen LogP contribution in [0.5, 0.6) is 11.6 Å². The number of nitrogens with one attached hydrogen (secondary N) is 2. The van der Waals surface area contributed by atoms with E-state index in [1.54, 1.807) is 20.4 Å². The average Bonchev–Trinajstić information content (AvgIpc) is 3.71. The van der Waals surface area contributed by atoms with Gasteiger partial charge in [-0.1, -0.05) is 59.6 Å². The van der Waals surface area contributed by atoms with Gasteiger partial charge in [-0.25, -0.2) is 4.98 Å². The molecule has 2 amide bonds. The minimum atomic E-state index is 0.109. The van der Waals surface area contributed by atoms with Crippen LogP contribution >= 0.6 is 23.2 Å². The summed E-state index contributed by atoms with van der Waals surface area (Å²) in [5, 5.41) is 6.80. The van der Waals surface area contributed by atoms with Crippen molar-refractivity contribution in [3.63, 3.8) is 0 Å². The summed E-state index contributed by atoms with van der Waals surface area (Å²) in [5.41, 5.74) is 6.34. The lowest BCUT2D eigenvalue weighted by molar-refractivity contribution is -0.120. The quantitative estimate of drug-likeness (QED) is 0.175. The fraction of sp³-hybridized carbons (Fsp3) is 0.368. The van der Waals surface area contributed by atoms with Gasteiger partial charge in [-0.2, -0.15) is 0 Å². The predicted molar refractivity (Wildman–Crippen MR) is 196 cm³/mol. The smallest absolute Gasteiger partial charge is 0.220 e. The Balaban J connectivity index is 1.22. The van der Waals surface area contributed by atoms with Gasteiger partial charge in [0.2, 0.25) is 17.7 Å². The predicted octanol–water partition coefficient (Wildman–Crippen LogP) is 5.94. The zero-order valence-electron chi connectivity index (χ0n) is 28.8. The fourth-order valence-corrected chi connectivity index (χ4v) is 7.56. The highest BCUT2D eigenvalue weighted by atomic mass is 35.5. The number of amides is 2. The molecule has 2 atom stereocenters. The van der Waals surface area contributed by atoms with Crippen molar-refractivity contribution >= 4 is 35.0 Å². The van der Waals surface area contributed by atoms with Gasteiger partial charge in [-0.05, 0) is 44.1 Å². The van der Waals surface area contributed by atoms with E-state index in [1.165, 1.54) is 0 Å². The summed E-state index contributed by atoms with van der Waals surface area (Å²) in [6, 6.07) is 17.6. The van der Waals surface area contributed by atoms with E-state index in [4.69, 9.17) is 37.7 Å². The Morgan fingerprint density at radius 3 is 2.02 bits per heavy atom. The third-order valence-electron chi connectivity index (χ3n) is 9.29. The van der Waals surface area contributed by atoms with Crippen LogP contribution in [0.1, 0.15) is 24.0 Å². The van der Waals surface area contributed by atoms with Crippen molar-refractivity contribution in [2.45, 2.75) is 25.9 Å². The second-order valence-corrected chi connectivity index (χ2v) is 14.0. The van der Waals surface area contributed by atoms with Crippen molar-refractivity contribution in [3.8, 4) is 45.3 Å². The molecule has 2 aliphatic rings. The van der Waals surface area contributed by atoms with Crippen LogP contribution in [-0.4, -0.2) is 86.1 Å². The van der Waals surface area contributed by atoms with Gasteiger partial charge < -0.3 is 29.9 Å². The number of hydrogen-bond donors (Lipinski definition) is 2. The second kappa shape index (κ2) is 15.8. The van der Waals surface area contributed by atoms with Crippen LogP contribution in [0, 0.1) is 11.8 Å². The van der Waals surface area contributed by atoms with Crippen LogP contribution in [0.3, 0.4) is 0 Å². The molecule has 2 fully saturated rings. The highest BCUT2D eigenvalue weighted by Crippen LogP contribution is 2.42. The van der Waals surface area contributed by atoms with E-state index in [0.717, 1.165) is 52.2 Å². The second-order valence-electron chi connectivity index (χ2n) is 13.2. The van der Waals surface area contributed by atoms with E-state index in [2.05, 4.69) is 32.5 Å². The number of nitrogens with zero attached hydrogens (tertiary/aromatic N) is 4. The zero-order valence-corrected chi connectivity index (χ0v) is 30.3. The summed E-state index contributed by atoms with van der Waals surface area (Å²) in [5.74, 6) is 2.08. The van der Waals surface area contributed by atoms with Gasteiger partial charge in [-0.3, -0.25) is 14.6 Å². The first-order chi connectivity index (χ1) is 24.1. The van der Waals surface area contributed by atoms with Gasteiger partial charge in [0, 0.05) is 91.7 Å². The Kier molecular flexibility index (Phi) is 11.2. The summed E-state index contributed by atoms with van der Waals surface area (Å²) >= 11 is 14.2. The number of benzene rings is 2. The SMILES string of the molecule is COc1cc(-c2nccc(-c3cccc(-c4ccc(CN(C)C[C@H]5CNC(=O)C5)c(OC)n4)c3Cl)c2Cl)ccc1CN(C)C[C@H]1CNC(=O)C1. The molecule has 2 aliphatic heterocycles. The minimum absolute atomic E-state index is 0.109. The molecule has 0 bridgehead atoms. The van der Waals surface area contributed by atoms with Gasteiger partial charge in [0.15, 0.2) is 0 Å². The molecule has 2 aromatic carbocycles. The molecule has 0 radical (unpaired) electrons. The standard InChI is InChI=1S/C38H42Cl2N6O4/c1-45(19-23-14-33(47)42-17-23)21-26-9-8-25(16-32(26)49-3)37-36(40)29(12-13-41-37)28-6-5-7-30(35(28)39)31-11-10-27(38(44-31)50-4)22-46(2)20-24-15-34(48)43-18-24/h5-13,16,23-24H,14-15,17-22H2,1-4H3,(H,42,47)(H,43,48)/t23-,24-/m1/s1. The lowest BCUT2D eigenvalue weighted by Crippen LogP contribution is -2.27. The number of hydrogen-bond acceptors (Lipinski definition) is 8. The number of ether oxygens (including phenoxy) is 2. The van der Waals surface area contributed by atoms with Crippen molar-refractivity contribution < 1.29 is 19.1 Å². The van der Waals surface area contributed by atoms with E-state index in [0.29, 0.717) is 78.2 Å². The topological polar surface area (TPSA) is 109 Å². The summed E-state index contributed by atoms with van der Waals surface area (Å²) < 4.78 is 11.5. The largest absolute Gasteiger partial charge is 0.496 e. The number of methoxy groups -OCH3 is 2. The first-order valence-corrected chi connectivity index (χ1v) is 17.4. The van der Waals surface area contributed by atoms with Gasteiger partial charge in [0.05, 0.1) is 35.7 Å². The molecule has 262 valence electrons. The Hall–Kier alpha value is -4.22. The lowest BCUT2D eigenvalue weighted by Gasteiger charge is -2.21. The average molecular weight is 718 g/mol. The van der Waals surface area contributed by atoms with Crippen LogP contribution in [0.25, 0.3) is 33.6 Å². The third-order valence-corrected chi connectivity index (χ3v) is 10.1. The molecule has 2 N–H and O–H groups in total. The van der Waals surface area contributed by atoms with E-state index in [1.807, 2.05) is 61.6 Å². The van der Waals surface area contributed by atoms with Crippen LogP contribution < -0.4 is 20.1 Å². The fourth-order valence-electron chi connectivity index (χ4n) is 6.91. The molecule has 2 saturated heterocycles. The molecule has 50 heavy (non-hydrogen) atoms. The molecule has 0 aliphatic carbocycles. The van der Waals surface area contributed by atoms with Crippen molar-refractivity contribution in [1.29, 1.82) is 0 Å². The van der Waals surface area contributed by atoms with Gasteiger partial charge in [-0.15, -0.1) is 0 Å². The maximum absolute atomic E-state index is 11.6. The number of rotatable bonds is 13. The third kappa shape index (κ3) is 8.05. The number of halogens is 2. The highest BCUT2D eigenvalue weighted by molar-refractivity contribution is 6.39. The molecular formula is C38H42Cl2N6O4. The lowest BCUT2D eigenvalue weighted by atomic mass is 9.99. The molecule has 4 aromatic rings. The first kappa shape index (κ1) is 35.6. The summed E-state index contributed by atoms with van der Waals surface area (Å²) in [6.45, 7) is 4.33. The molecule has 0 unspecified atom stereocenters. The van der Waals surface area contributed by atoms with Gasteiger partial charge in [0.25, 0.3) is 0 Å². The normalized spacial score (nSPS) is 17.4. The number of aromatic nitrogens is 2. The summed E-state index contributed by atoms with van der Waals surface area (Å²) in [6.07, 6.45) is 2.85. The zero-order chi connectivity index (χ0) is 35.4. The molecule has 4 heterocycles. The first-order valence-electron chi connectivity index (χ1n) is 16.7. The maximum atomic E-state index is 11.6. The molecule has 0 spiro atoms. The van der Waals surface area contributed by atoms with E-state index >= 15 is 0 Å². The van der Waals surface area contributed by atoms with Crippen molar-refractivity contribution in [3.05, 3.63) is 82.0 Å². The monoisotopic (exact) mass is 716 g/mol. The highest BCUT2D eigenvalue weighted by Gasteiger charge is 2.25. The molecule has 0 saturated carbocycles. The van der Waals surface area contributed by atoms with Gasteiger partial charge >= 0.3 is 0 Å². The summed E-state index contributed by atoms with van der Waals surface area (Å²) in [7, 11) is 7.36. The van der Waals surface area contributed by atoms with Gasteiger partial charge in [0.1, 0.15) is 5.75 Å². The van der Waals surface area contributed by atoms with Crippen molar-refractivity contribution in [1.82, 2.24) is 30.4 Å². The van der Waals surface area contributed by atoms with E-state index in [-0.39, 0.29) is 11.8 Å². The van der Waals surface area contributed by atoms with Crippen molar-refractivity contribution in [2.75, 3.05) is 54.5 Å². The Bertz CT molecular complexity index is 1750. The number of carbonyl (C=O) groups is 2. The maximum Gasteiger partial charge on any atom is 0.220 e. The number of carbonyl (C=O) groups excluding carboxylic acids is 2. The van der Waals surface area contributed by atoms with Crippen LogP contribution in [0.4, 0.5) is 0 Å². The molecule has 12 heteroatoms. The number of pyridine rings is 2. The Labute approximate surface area is 303 Å². The minimum Gasteiger partial charge on any atom is -0.496 e. The molecule has 2 aromatic heterocycles.